The number of benzene rings is 3. The summed E-state index contributed by atoms with van der Waals surface area (Å²) >= 11 is 1.12. The van der Waals surface area contributed by atoms with Crippen molar-refractivity contribution in [3.05, 3.63) is 82.6 Å². The summed E-state index contributed by atoms with van der Waals surface area (Å²) in [6, 6.07) is 20.7. The minimum atomic E-state index is -1.02. The molecule has 0 spiro atoms. The second-order valence-electron chi connectivity index (χ2n) is 6.41. The van der Waals surface area contributed by atoms with Gasteiger partial charge in [-0.2, -0.15) is 0 Å². The van der Waals surface area contributed by atoms with Gasteiger partial charge in [0.1, 0.15) is 0 Å². The molecule has 0 fully saturated rings. The fourth-order valence-electron chi connectivity index (χ4n) is 3.16. The van der Waals surface area contributed by atoms with E-state index < -0.39 is 5.97 Å². The summed E-state index contributed by atoms with van der Waals surface area (Å²) in [7, 11) is 1.45. The Bertz CT molecular complexity index is 1210. The molecule has 1 amide bonds. The van der Waals surface area contributed by atoms with E-state index in [0.29, 0.717) is 22.6 Å². The van der Waals surface area contributed by atoms with E-state index >= 15 is 0 Å². The van der Waals surface area contributed by atoms with Gasteiger partial charge < -0.3 is 15.2 Å². The Hall–Kier alpha value is -3.64. The first-order valence-corrected chi connectivity index (χ1v) is 9.74. The third-order valence-electron chi connectivity index (χ3n) is 4.61. The number of hydrogen-bond donors (Lipinski definition) is 2. The van der Waals surface area contributed by atoms with Crippen LogP contribution in [0.2, 0.25) is 0 Å². The van der Waals surface area contributed by atoms with E-state index in [2.05, 4.69) is 5.32 Å². The number of rotatable bonds is 5. The number of methoxy groups -OCH3 is 1. The van der Waals surface area contributed by atoms with Crippen molar-refractivity contribution >= 4 is 39.7 Å². The van der Waals surface area contributed by atoms with Crippen molar-refractivity contribution in [3.63, 3.8) is 0 Å². The van der Waals surface area contributed by atoms with Crippen molar-refractivity contribution in [2.24, 2.45) is 0 Å². The Kier molecular flexibility index (Phi) is 5.01. The normalized spacial score (nSPS) is 10.7. The number of carbonyl (C=O) groups excluding carboxylic acids is 1. The highest BCUT2D eigenvalue weighted by Crippen LogP contribution is 2.38. The quantitative estimate of drug-likeness (QED) is 0.460. The van der Waals surface area contributed by atoms with Crippen LogP contribution in [0.25, 0.3) is 21.9 Å². The fourth-order valence-corrected chi connectivity index (χ4v) is 4.04. The van der Waals surface area contributed by atoms with Gasteiger partial charge >= 0.3 is 5.97 Å². The first kappa shape index (κ1) is 18.7. The third kappa shape index (κ3) is 3.70. The summed E-state index contributed by atoms with van der Waals surface area (Å²) < 4.78 is 5.28. The lowest BCUT2D eigenvalue weighted by atomic mass is 10.1. The van der Waals surface area contributed by atoms with Crippen LogP contribution in [-0.2, 0) is 0 Å². The molecule has 0 bridgehead atoms. The van der Waals surface area contributed by atoms with Crippen LogP contribution in [0.15, 0.2) is 72.1 Å². The van der Waals surface area contributed by atoms with Gasteiger partial charge in [-0.05, 0) is 40.6 Å². The van der Waals surface area contributed by atoms with Crippen LogP contribution in [0.3, 0.4) is 0 Å². The maximum atomic E-state index is 12.6. The van der Waals surface area contributed by atoms with Crippen LogP contribution in [-0.4, -0.2) is 24.1 Å². The highest BCUT2D eigenvalue weighted by Gasteiger charge is 2.19. The number of anilines is 1. The minimum absolute atomic E-state index is 0.163. The largest absolute Gasteiger partial charge is 0.494 e. The minimum Gasteiger partial charge on any atom is -0.494 e. The number of fused-ring (bicyclic) bond motifs is 1. The van der Waals surface area contributed by atoms with Gasteiger partial charge in [0.25, 0.3) is 5.91 Å². The maximum Gasteiger partial charge on any atom is 0.349 e. The molecular weight excluding hydrogens is 386 g/mol. The zero-order chi connectivity index (χ0) is 20.4. The van der Waals surface area contributed by atoms with Gasteiger partial charge in [-0.1, -0.05) is 42.5 Å². The van der Waals surface area contributed by atoms with Crippen molar-refractivity contribution in [1.29, 1.82) is 0 Å². The SMILES string of the molecule is COc1c(-c2ccc(NC(=O)c3ccc4ccccc4c3)cc2)csc1C(=O)O. The van der Waals surface area contributed by atoms with Gasteiger partial charge in [0, 0.05) is 22.2 Å². The smallest absolute Gasteiger partial charge is 0.349 e. The standard InChI is InChI=1S/C23H17NO4S/c1-28-20-19(13-29-21(20)23(26)27)15-8-10-18(11-9-15)24-22(25)17-7-6-14-4-2-3-5-16(14)12-17/h2-13H,1H3,(H,24,25)(H,26,27). The molecular formula is C23H17NO4S. The highest BCUT2D eigenvalue weighted by molar-refractivity contribution is 7.12. The summed E-state index contributed by atoms with van der Waals surface area (Å²) in [5, 5.41) is 16.0. The van der Waals surface area contributed by atoms with Crippen molar-refractivity contribution in [2.45, 2.75) is 0 Å². The summed E-state index contributed by atoms with van der Waals surface area (Å²) in [5.41, 5.74) is 2.76. The number of carboxylic acid groups (broad SMARTS) is 1. The first-order valence-electron chi connectivity index (χ1n) is 8.86. The Morgan fingerprint density at radius 3 is 2.38 bits per heavy atom. The molecule has 2 N–H and O–H groups in total. The topological polar surface area (TPSA) is 75.6 Å². The lowest BCUT2D eigenvalue weighted by Gasteiger charge is -2.08. The van der Waals surface area contributed by atoms with Crippen LogP contribution in [0, 0.1) is 0 Å². The van der Waals surface area contributed by atoms with E-state index in [4.69, 9.17) is 4.74 Å². The second kappa shape index (κ2) is 7.77. The van der Waals surface area contributed by atoms with Gasteiger partial charge in [0.05, 0.1) is 7.11 Å². The summed E-state index contributed by atoms with van der Waals surface area (Å²) in [6.07, 6.45) is 0. The summed E-state index contributed by atoms with van der Waals surface area (Å²) in [4.78, 5) is 24.1. The van der Waals surface area contributed by atoms with Crippen molar-refractivity contribution in [1.82, 2.24) is 0 Å². The Labute approximate surface area is 171 Å². The predicted molar refractivity (Wildman–Crippen MR) is 115 cm³/mol. The zero-order valence-corrected chi connectivity index (χ0v) is 16.3. The van der Waals surface area contributed by atoms with Gasteiger partial charge in [-0.15, -0.1) is 11.3 Å². The number of carbonyl (C=O) groups is 2. The predicted octanol–water partition coefficient (Wildman–Crippen LogP) is 5.53. The van der Waals surface area contributed by atoms with Crippen molar-refractivity contribution in [3.8, 4) is 16.9 Å². The van der Waals surface area contributed by atoms with E-state index in [-0.39, 0.29) is 10.8 Å². The van der Waals surface area contributed by atoms with Gasteiger partial charge in [0.2, 0.25) is 0 Å². The van der Waals surface area contributed by atoms with Gasteiger partial charge in [0.15, 0.2) is 10.6 Å². The molecule has 0 radical (unpaired) electrons. The molecule has 3 aromatic carbocycles. The summed E-state index contributed by atoms with van der Waals surface area (Å²) in [5.74, 6) is -0.863. The fraction of sp³-hybridized carbons (Fsp3) is 0.0435. The first-order chi connectivity index (χ1) is 14.1. The van der Waals surface area contributed by atoms with Crippen LogP contribution in [0.4, 0.5) is 5.69 Å². The van der Waals surface area contributed by atoms with Crippen molar-refractivity contribution < 1.29 is 19.4 Å². The Morgan fingerprint density at radius 1 is 0.966 bits per heavy atom. The van der Waals surface area contributed by atoms with Crippen molar-refractivity contribution in [2.75, 3.05) is 12.4 Å². The van der Waals surface area contributed by atoms with E-state index in [1.54, 1.807) is 23.6 Å². The third-order valence-corrected chi connectivity index (χ3v) is 5.56. The highest BCUT2D eigenvalue weighted by atomic mass is 32.1. The van der Waals surface area contributed by atoms with E-state index in [1.807, 2.05) is 48.5 Å². The van der Waals surface area contributed by atoms with Crippen LogP contribution in [0.1, 0.15) is 20.0 Å². The number of thiophene rings is 1. The molecule has 6 heteroatoms. The maximum absolute atomic E-state index is 12.6. The van der Waals surface area contributed by atoms with E-state index in [1.165, 1.54) is 7.11 Å². The molecule has 1 aromatic heterocycles. The monoisotopic (exact) mass is 403 g/mol. The number of ether oxygens (including phenoxy) is 1. The molecule has 144 valence electrons. The molecule has 0 aliphatic rings. The molecule has 0 aliphatic heterocycles. The lowest BCUT2D eigenvalue weighted by molar-refractivity contribution is 0.0699. The Morgan fingerprint density at radius 2 is 1.69 bits per heavy atom. The molecule has 0 saturated carbocycles. The number of nitrogens with one attached hydrogen (secondary N) is 1. The van der Waals surface area contributed by atoms with Gasteiger partial charge in [-0.25, -0.2) is 4.79 Å². The van der Waals surface area contributed by atoms with Crippen LogP contribution >= 0.6 is 11.3 Å². The number of aromatic carboxylic acids is 1. The molecule has 4 rings (SSSR count). The molecule has 1 heterocycles. The molecule has 5 nitrogen and oxygen atoms in total. The number of hydrogen-bond acceptors (Lipinski definition) is 4. The molecule has 29 heavy (non-hydrogen) atoms. The van der Waals surface area contributed by atoms with Crippen LogP contribution in [0.5, 0.6) is 5.75 Å². The van der Waals surface area contributed by atoms with E-state index in [9.17, 15) is 14.7 Å². The lowest BCUT2D eigenvalue weighted by Crippen LogP contribution is -2.11. The van der Waals surface area contributed by atoms with E-state index in [0.717, 1.165) is 27.7 Å². The van der Waals surface area contributed by atoms with Crippen LogP contribution < -0.4 is 10.1 Å². The average molecular weight is 403 g/mol. The second-order valence-corrected chi connectivity index (χ2v) is 7.29. The molecule has 0 aliphatic carbocycles. The molecule has 0 saturated heterocycles. The molecule has 0 atom stereocenters. The zero-order valence-electron chi connectivity index (χ0n) is 15.5. The molecule has 4 aromatic rings. The summed E-state index contributed by atoms with van der Waals surface area (Å²) in [6.45, 7) is 0. The number of amides is 1. The van der Waals surface area contributed by atoms with Gasteiger partial charge in [-0.3, -0.25) is 4.79 Å². The molecule has 0 unspecified atom stereocenters. The average Bonchev–Trinajstić information content (AvgIpc) is 3.18. The number of carboxylic acids is 1. The Balaban J connectivity index is 1.55.